The minimum atomic E-state index is -0.394. The second-order valence-electron chi connectivity index (χ2n) is 8.89. The Bertz CT molecular complexity index is 1310. The van der Waals surface area contributed by atoms with E-state index in [4.69, 9.17) is 4.74 Å². The maximum Gasteiger partial charge on any atom is 0.267 e. The Morgan fingerprint density at radius 2 is 1.78 bits per heavy atom. The van der Waals surface area contributed by atoms with Crippen molar-refractivity contribution in [2.24, 2.45) is 4.99 Å². The molecular formula is C29H26BrFN2O2S. The van der Waals surface area contributed by atoms with Gasteiger partial charge in [-0.05, 0) is 82.0 Å². The molecule has 0 spiro atoms. The summed E-state index contributed by atoms with van der Waals surface area (Å²) < 4.78 is 21.1. The predicted molar refractivity (Wildman–Crippen MR) is 148 cm³/mol. The first-order chi connectivity index (χ1) is 17.6. The van der Waals surface area contributed by atoms with Crippen molar-refractivity contribution < 1.29 is 13.9 Å². The van der Waals surface area contributed by atoms with Crippen LogP contribution in [0.1, 0.15) is 43.2 Å². The van der Waals surface area contributed by atoms with Crippen molar-refractivity contribution in [2.75, 3.05) is 0 Å². The zero-order valence-corrected chi connectivity index (χ0v) is 22.1. The summed E-state index contributed by atoms with van der Waals surface area (Å²) in [6, 6.07) is 22.3. The number of nitrogens with zero attached hydrogens (tertiary/aromatic N) is 2. The van der Waals surface area contributed by atoms with Crippen molar-refractivity contribution in [1.82, 2.24) is 4.90 Å². The molecule has 0 unspecified atom stereocenters. The number of para-hydroxylation sites is 1. The Labute approximate surface area is 223 Å². The van der Waals surface area contributed by atoms with Gasteiger partial charge in [0, 0.05) is 6.04 Å². The molecule has 0 N–H and O–H groups in total. The molecular weight excluding hydrogens is 539 g/mol. The van der Waals surface area contributed by atoms with Crippen molar-refractivity contribution >= 4 is 50.5 Å². The molecule has 2 fully saturated rings. The number of halogens is 2. The van der Waals surface area contributed by atoms with E-state index in [0.717, 1.165) is 47.0 Å². The lowest BCUT2D eigenvalue weighted by atomic mass is 9.94. The Hall–Kier alpha value is -2.90. The molecule has 36 heavy (non-hydrogen) atoms. The SMILES string of the molecule is O=C1/C(=C/c2ccc(OCc3ccccc3)c(Br)c2)SC(=Nc2ccccc2F)N1C1CCCCC1. The molecule has 1 heterocycles. The van der Waals surface area contributed by atoms with Crippen LogP contribution >= 0.6 is 27.7 Å². The van der Waals surface area contributed by atoms with E-state index in [9.17, 15) is 9.18 Å². The van der Waals surface area contributed by atoms with Gasteiger partial charge in [0.25, 0.3) is 5.91 Å². The van der Waals surface area contributed by atoms with E-state index in [1.54, 1.807) is 23.1 Å². The monoisotopic (exact) mass is 564 g/mol. The maximum absolute atomic E-state index is 14.4. The van der Waals surface area contributed by atoms with Crippen LogP contribution < -0.4 is 4.74 Å². The van der Waals surface area contributed by atoms with Crippen LogP contribution in [0.5, 0.6) is 5.75 Å². The van der Waals surface area contributed by atoms with Gasteiger partial charge in [-0.2, -0.15) is 0 Å². The number of rotatable bonds is 6. The van der Waals surface area contributed by atoms with Crippen molar-refractivity contribution in [3.05, 3.63) is 99.1 Å². The lowest BCUT2D eigenvalue weighted by Crippen LogP contribution is -2.40. The number of benzene rings is 3. The number of aliphatic imine (C=N–C) groups is 1. The molecule has 5 rings (SSSR count). The molecule has 1 aliphatic heterocycles. The molecule has 0 aromatic heterocycles. The van der Waals surface area contributed by atoms with Crippen LogP contribution in [0.2, 0.25) is 0 Å². The third kappa shape index (κ3) is 5.73. The Kier molecular flexibility index (Phi) is 7.87. The van der Waals surface area contributed by atoms with E-state index in [1.807, 2.05) is 54.6 Å². The van der Waals surface area contributed by atoms with Crippen LogP contribution in [0.25, 0.3) is 6.08 Å². The number of carbonyl (C=O) groups excluding carboxylic acids is 1. The smallest absolute Gasteiger partial charge is 0.267 e. The summed E-state index contributed by atoms with van der Waals surface area (Å²) >= 11 is 4.91. The number of hydrogen-bond acceptors (Lipinski definition) is 4. The fourth-order valence-electron chi connectivity index (χ4n) is 4.48. The highest BCUT2D eigenvalue weighted by molar-refractivity contribution is 9.10. The topological polar surface area (TPSA) is 41.9 Å². The van der Waals surface area contributed by atoms with Gasteiger partial charge < -0.3 is 4.74 Å². The molecule has 1 saturated carbocycles. The quantitative estimate of drug-likeness (QED) is 0.284. The second-order valence-corrected chi connectivity index (χ2v) is 10.8. The highest BCUT2D eigenvalue weighted by atomic mass is 79.9. The number of carbonyl (C=O) groups is 1. The van der Waals surface area contributed by atoms with Crippen molar-refractivity contribution in [3.8, 4) is 5.75 Å². The molecule has 4 nitrogen and oxygen atoms in total. The Morgan fingerprint density at radius 1 is 1.03 bits per heavy atom. The molecule has 3 aromatic carbocycles. The zero-order chi connectivity index (χ0) is 24.9. The minimum absolute atomic E-state index is 0.0671. The van der Waals surface area contributed by atoms with E-state index in [0.29, 0.717) is 16.7 Å². The first-order valence-electron chi connectivity index (χ1n) is 12.1. The van der Waals surface area contributed by atoms with Gasteiger partial charge >= 0.3 is 0 Å². The van der Waals surface area contributed by atoms with Gasteiger partial charge in [0.05, 0.1) is 9.38 Å². The van der Waals surface area contributed by atoms with Gasteiger partial charge in [0.15, 0.2) is 5.17 Å². The van der Waals surface area contributed by atoms with Crippen molar-refractivity contribution in [2.45, 2.75) is 44.8 Å². The number of amides is 1. The van der Waals surface area contributed by atoms with Crippen LogP contribution in [0.3, 0.4) is 0 Å². The molecule has 2 aliphatic rings. The highest BCUT2D eigenvalue weighted by Crippen LogP contribution is 2.39. The summed E-state index contributed by atoms with van der Waals surface area (Å²) in [6.07, 6.45) is 7.11. The van der Waals surface area contributed by atoms with E-state index >= 15 is 0 Å². The third-order valence-electron chi connectivity index (χ3n) is 6.34. The molecule has 0 radical (unpaired) electrons. The summed E-state index contributed by atoms with van der Waals surface area (Å²) in [5.41, 5.74) is 2.21. The van der Waals surface area contributed by atoms with Gasteiger partial charge in [-0.3, -0.25) is 9.69 Å². The summed E-state index contributed by atoms with van der Waals surface area (Å²) in [4.78, 5) is 20.5. The molecule has 1 aliphatic carbocycles. The van der Waals surface area contributed by atoms with Crippen LogP contribution in [-0.2, 0) is 11.4 Å². The van der Waals surface area contributed by atoms with Gasteiger partial charge in [-0.25, -0.2) is 9.38 Å². The molecule has 0 atom stereocenters. The zero-order valence-electron chi connectivity index (χ0n) is 19.7. The van der Waals surface area contributed by atoms with E-state index in [1.165, 1.54) is 24.2 Å². The van der Waals surface area contributed by atoms with E-state index in [2.05, 4.69) is 20.9 Å². The molecule has 184 valence electrons. The summed E-state index contributed by atoms with van der Waals surface area (Å²) in [5, 5.41) is 0.546. The lowest BCUT2D eigenvalue weighted by Gasteiger charge is -2.30. The first-order valence-corrected chi connectivity index (χ1v) is 13.7. The molecule has 1 amide bonds. The second kappa shape index (κ2) is 11.4. The summed E-state index contributed by atoms with van der Waals surface area (Å²) in [5.74, 6) is 0.272. The first kappa shape index (κ1) is 24.8. The lowest BCUT2D eigenvalue weighted by molar-refractivity contribution is -0.124. The number of ether oxygens (including phenoxy) is 1. The Balaban J connectivity index is 1.39. The average molecular weight is 566 g/mol. The van der Waals surface area contributed by atoms with Gasteiger partial charge in [0.2, 0.25) is 0 Å². The Morgan fingerprint density at radius 3 is 2.53 bits per heavy atom. The minimum Gasteiger partial charge on any atom is -0.488 e. The fourth-order valence-corrected chi connectivity index (χ4v) is 6.04. The fraction of sp³-hybridized carbons (Fsp3) is 0.241. The summed E-state index contributed by atoms with van der Waals surface area (Å²) in [6.45, 7) is 0.473. The van der Waals surface area contributed by atoms with Gasteiger partial charge in [-0.15, -0.1) is 0 Å². The van der Waals surface area contributed by atoms with E-state index in [-0.39, 0.29) is 17.6 Å². The number of thioether (sulfide) groups is 1. The number of hydrogen-bond donors (Lipinski definition) is 0. The highest BCUT2D eigenvalue weighted by Gasteiger charge is 2.38. The normalized spacial score (nSPS) is 18.8. The van der Waals surface area contributed by atoms with Crippen LogP contribution in [0.15, 0.2) is 87.2 Å². The standard InChI is InChI=1S/C29H26BrFN2O2S/c30-23-17-21(15-16-26(23)35-19-20-9-3-1-4-10-20)18-27-28(34)33(22-11-5-2-6-12-22)29(36-27)32-25-14-8-7-13-24(25)31/h1,3-4,7-10,13-18,22H,2,5-6,11-12,19H2/b27-18-,32-29?. The maximum atomic E-state index is 14.4. The average Bonchev–Trinajstić information content (AvgIpc) is 3.20. The van der Waals surface area contributed by atoms with Gasteiger partial charge in [-0.1, -0.05) is 67.8 Å². The molecule has 3 aromatic rings. The third-order valence-corrected chi connectivity index (χ3v) is 7.94. The van der Waals surface area contributed by atoms with Crippen LogP contribution in [0, 0.1) is 5.82 Å². The molecule has 0 bridgehead atoms. The largest absolute Gasteiger partial charge is 0.488 e. The van der Waals surface area contributed by atoms with Crippen LogP contribution in [0.4, 0.5) is 10.1 Å². The van der Waals surface area contributed by atoms with Crippen molar-refractivity contribution in [1.29, 1.82) is 0 Å². The van der Waals surface area contributed by atoms with E-state index < -0.39 is 5.82 Å². The molecule has 1 saturated heterocycles. The molecule has 7 heteroatoms. The number of amidine groups is 1. The van der Waals surface area contributed by atoms with Crippen molar-refractivity contribution in [3.63, 3.8) is 0 Å². The predicted octanol–water partition coefficient (Wildman–Crippen LogP) is 8.10. The summed E-state index contributed by atoms with van der Waals surface area (Å²) in [7, 11) is 0. The van der Waals surface area contributed by atoms with Crippen LogP contribution in [-0.4, -0.2) is 22.0 Å². The van der Waals surface area contributed by atoms with Gasteiger partial charge in [0.1, 0.15) is 23.9 Å².